The lowest BCUT2D eigenvalue weighted by Gasteiger charge is -2.28. The number of hydrogen-bond acceptors (Lipinski definition) is 6. The van der Waals surface area contributed by atoms with Crippen LogP contribution in [0, 0.1) is 6.42 Å². The number of methoxy groups -OCH3 is 1. The predicted molar refractivity (Wildman–Crippen MR) is 192 cm³/mol. The number of H-pyrrole nitrogens is 2. The fraction of sp³-hybridized carbons (Fsp3) is 0.300. The fourth-order valence-corrected chi connectivity index (χ4v) is 7.13. The van der Waals surface area contributed by atoms with Crippen molar-refractivity contribution in [2.24, 2.45) is 0 Å². The van der Waals surface area contributed by atoms with Crippen LogP contribution >= 0.6 is 0 Å². The van der Waals surface area contributed by atoms with E-state index in [1.165, 1.54) is 12.7 Å². The molecule has 2 fully saturated rings. The van der Waals surface area contributed by atoms with Gasteiger partial charge in [-0.2, -0.15) is 0 Å². The molecule has 3 aromatic carbocycles. The van der Waals surface area contributed by atoms with E-state index in [0.717, 1.165) is 79.2 Å². The average molecular weight is 685 g/mol. The van der Waals surface area contributed by atoms with Crippen molar-refractivity contribution in [1.29, 1.82) is 0 Å². The Bertz CT molecular complexity index is 1940. The van der Waals surface area contributed by atoms with Gasteiger partial charge in [-0.25, -0.2) is 14.8 Å². The van der Waals surface area contributed by atoms with Gasteiger partial charge >= 0.3 is 6.09 Å². The summed E-state index contributed by atoms with van der Waals surface area (Å²) in [5.74, 6) is 1.39. The molecule has 2 unspecified atom stereocenters. The second kappa shape index (κ2) is 15.5. The van der Waals surface area contributed by atoms with E-state index >= 15 is 0 Å². The van der Waals surface area contributed by atoms with Crippen LogP contribution in [-0.2, 0) is 27.2 Å². The lowest BCUT2D eigenvalue weighted by Crippen LogP contribution is -2.42. The first-order valence-electron chi connectivity index (χ1n) is 17.6. The molecule has 261 valence electrons. The lowest BCUT2D eigenvalue weighted by atomic mass is 10.0. The van der Waals surface area contributed by atoms with Crippen molar-refractivity contribution in [3.63, 3.8) is 0 Å². The Labute approximate surface area is 297 Å². The van der Waals surface area contributed by atoms with Crippen molar-refractivity contribution in [3.05, 3.63) is 138 Å². The zero-order valence-electron chi connectivity index (χ0n) is 28.6. The Balaban J connectivity index is 0.956. The van der Waals surface area contributed by atoms with Gasteiger partial charge in [0.15, 0.2) is 0 Å². The summed E-state index contributed by atoms with van der Waals surface area (Å²) in [6, 6.07) is 26.2. The molecule has 11 heteroatoms. The van der Waals surface area contributed by atoms with Gasteiger partial charge in [0.1, 0.15) is 17.7 Å². The van der Waals surface area contributed by atoms with Crippen molar-refractivity contribution >= 4 is 17.9 Å². The maximum Gasteiger partial charge on any atom is 0.407 e. The topological polar surface area (TPSA) is 136 Å². The minimum absolute atomic E-state index is 0.00808. The van der Waals surface area contributed by atoms with Crippen LogP contribution in [0.5, 0.6) is 0 Å². The van der Waals surface area contributed by atoms with E-state index in [1.54, 1.807) is 11.3 Å². The fourth-order valence-electron chi connectivity index (χ4n) is 7.13. The number of rotatable bonds is 11. The number of aromatic amines is 2. The molecule has 4 heterocycles. The van der Waals surface area contributed by atoms with Gasteiger partial charge in [0, 0.05) is 31.0 Å². The number of nitrogens with one attached hydrogen (secondary N) is 3. The van der Waals surface area contributed by atoms with Crippen molar-refractivity contribution in [1.82, 2.24) is 35.1 Å². The third-order valence-corrected chi connectivity index (χ3v) is 9.79. The number of amides is 3. The molecule has 2 aromatic heterocycles. The van der Waals surface area contributed by atoms with Gasteiger partial charge in [0.25, 0.3) is 5.91 Å². The van der Waals surface area contributed by atoms with Gasteiger partial charge in [-0.1, -0.05) is 84.9 Å². The number of aromatic nitrogens is 4. The number of alkyl carbamates (subject to hydrolysis) is 1. The highest BCUT2D eigenvalue weighted by atomic mass is 16.5. The smallest absolute Gasteiger partial charge is 0.407 e. The highest BCUT2D eigenvalue weighted by Crippen LogP contribution is 2.34. The van der Waals surface area contributed by atoms with Crippen molar-refractivity contribution in [2.45, 2.75) is 56.7 Å². The van der Waals surface area contributed by atoms with Crippen molar-refractivity contribution in [3.8, 4) is 11.3 Å². The number of benzene rings is 3. The van der Waals surface area contributed by atoms with E-state index in [0.29, 0.717) is 12.1 Å². The molecule has 0 saturated carbocycles. The Morgan fingerprint density at radius 2 is 1.47 bits per heavy atom. The van der Waals surface area contributed by atoms with Crippen LogP contribution in [0.25, 0.3) is 11.3 Å². The monoisotopic (exact) mass is 684 g/mol. The van der Waals surface area contributed by atoms with Gasteiger partial charge < -0.3 is 29.8 Å². The number of hydrogen-bond donors (Lipinski definition) is 3. The summed E-state index contributed by atoms with van der Waals surface area (Å²) >= 11 is 0. The maximum atomic E-state index is 13.8. The van der Waals surface area contributed by atoms with Gasteiger partial charge in [0.05, 0.1) is 37.0 Å². The van der Waals surface area contributed by atoms with Gasteiger partial charge in [-0.05, 0) is 55.2 Å². The molecule has 11 nitrogen and oxygen atoms in total. The lowest BCUT2D eigenvalue weighted by molar-refractivity contribution is -0.134. The number of nitrogens with zero attached hydrogens (tertiary/aromatic N) is 4. The largest absolute Gasteiger partial charge is 0.453 e. The Morgan fingerprint density at radius 3 is 2.20 bits per heavy atom. The van der Waals surface area contributed by atoms with E-state index in [1.807, 2.05) is 78.0 Å². The number of aryl methyl sites for hydroxylation is 2. The minimum atomic E-state index is -0.852. The summed E-state index contributed by atoms with van der Waals surface area (Å²) < 4.78 is 4.81. The standard InChI is InChI=1S/C40H42N7O4/c1-51-40(50)45-36(30-12-6-3-7-13-30)39(49)47-23-9-15-34(47)37-41-25-31(43-37)21-18-27-16-19-29(20-17-27)32-26-42-38(44-32)33-14-8-22-46(33)35(48)24-28-10-4-2-5-11-28/h2-7,10-13,16-17,19-20,24-26,33-34,36H,8-9,14-15,18,21-23H2,1H3,(H,41,43)(H,42,44)(H,45,50)/t33-,34?,36?/m0/s1. The van der Waals surface area contributed by atoms with Crippen LogP contribution in [-0.4, -0.2) is 67.8 Å². The minimum Gasteiger partial charge on any atom is -0.453 e. The first-order chi connectivity index (χ1) is 25.0. The molecular formula is C40H42N7O4. The van der Waals surface area contributed by atoms with Gasteiger partial charge in [-0.3, -0.25) is 9.59 Å². The number of ether oxygens (including phenoxy) is 1. The number of carbonyl (C=O) groups excluding carboxylic acids is 3. The molecule has 51 heavy (non-hydrogen) atoms. The predicted octanol–water partition coefficient (Wildman–Crippen LogP) is 6.26. The third-order valence-electron chi connectivity index (χ3n) is 9.79. The van der Waals surface area contributed by atoms with E-state index in [4.69, 9.17) is 14.7 Å². The molecule has 0 aliphatic carbocycles. The van der Waals surface area contributed by atoms with Crippen LogP contribution in [0.2, 0.25) is 0 Å². The molecule has 0 spiro atoms. The normalized spacial score (nSPS) is 17.7. The average Bonchev–Trinajstić information content (AvgIpc) is 4.00. The SMILES string of the molecule is COC(=O)NC(C(=O)N1CCCC1c1nc(CCc2ccc(-c3c[nH]c([C@@H]4CCCN4C(=O)[CH]c4ccccc4)n3)cc2)c[nH]1)c1ccccc1. The Morgan fingerprint density at radius 1 is 0.824 bits per heavy atom. The molecule has 2 aliphatic rings. The van der Waals surface area contributed by atoms with Crippen LogP contribution in [0.1, 0.15) is 77.8 Å². The molecule has 2 aliphatic heterocycles. The number of imidazole rings is 2. The summed E-state index contributed by atoms with van der Waals surface area (Å²) in [5.41, 5.74) is 5.57. The third kappa shape index (κ3) is 7.72. The zero-order valence-corrected chi connectivity index (χ0v) is 28.6. The van der Waals surface area contributed by atoms with Crippen molar-refractivity contribution in [2.75, 3.05) is 20.2 Å². The van der Waals surface area contributed by atoms with Gasteiger partial charge in [0.2, 0.25) is 5.91 Å². The molecule has 1 radical (unpaired) electrons. The van der Waals surface area contributed by atoms with Crippen LogP contribution in [0.4, 0.5) is 4.79 Å². The first kappa shape index (κ1) is 33.8. The Kier molecular flexibility index (Phi) is 10.2. The second-order valence-corrected chi connectivity index (χ2v) is 13.1. The van der Waals surface area contributed by atoms with Crippen LogP contribution < -0.4 is 5.32 Å². The van der Waals surface area contributed by atoms with E-state index in [2.05, 4.69) is 39.6 Å². The Hall–Kier alpha value is -5.71. The molecule has 7 rings (SSSR count). The molecule has 5 aromatic rings. The maximum absolute atomic E-state index is 13.8. The molecule has 3 N–H and O–H groups in total. The molecular weight excluding hydrogens is 642 g/mol. The van der Waals surface area contributed by atoms with Crippen LogP contribution in [0.3, 0.4) is 0 Å². The molecule has 3 amide bonds. The van der Waals surface area contributed by atoms with Gasteiger partial charge in [-0.15, -0.1) is 0 Å². The van der Waals surface area contributed by atoms with Crippen molar-refractivity contribution < 1.29 is 19.1 Å². The summed E-state index contributed by atoms with van der Waals surface area (Å²) in [6.45, 7) is 1.30. The summed E-state index contributed by atoms with van der Waals surface area (Å²) in [6.07, 6.45) is 9.89. The molecule has 0 bridgehead atoms. The summed E-state index contributed by atoms with van der Waals surface area (Å²) in [4.78, 5) is 59.2. The quantitative estimate of drug-likeness (QED) is 0.150. The number of likely N-dealkylation sites (tertiary alicyclic amines) is 2. The summed E-state index contributed by atoms with van der Waals surface area (Å²) in [5, 5.41) is 2.71. The number of carbonyl (C=O) groups is 3. The van der Waals surface area contributed by atoms with E-state index in [-0.39, 0.29) is 23.9 Å². The molecule has 3 atom stereocenters. The van der Waals surface area contributed by atoms with E-state index in [9.17, 15) is 14.4 Å². The highest BCUT2D eigenvalue weighted by Gasteiger charge is 2.37. The van der Waals surface area contributed by atoms with E-state index < -0.39 is 12.1 Å². The summed E-state index contributed by atoms with van der Waals surface area (Å²) in [7, 11) is 1.29. The first-order valence-corrected chi connectivity index (χ1v) is 17.6. The highest BCUT2D eigenvalue weighted by molar-refractivity contribution is 5.89. The zero-order chi connectivity index (χ0) is 35.2. The molecule has 2 saturated heterocycles. The van der Waals surface area contributed by atoms with Crippen LogP contribution in [0.15, 0.2) is 97.3 Å². The second-order valence-electron chi connectivity index (χ2n) is 13.1.